The average molecular weight is 1730 g/mol. The van der Waals surface area contributed by atoms with Crippen LogP contribution in [0.25, 0.3) is 0 Å². The van der Waals surface area contributed by atoms with Crippen LogP contribution in [-0.4, -0.2) is 108 Å². The summed E-state index contributed by atoms with van der Waals surface area (Å²) in [5.74, 6) is 3.46. The normalized spacial score (nSPS) is 15.1. The van der Waals surface area contributed by atoms with Gasteiger partial charge in [0.05, 0.1) is 26.2 Å². The van der Waals surface area contributed by atoms with Gasteiger partial charge in [-0.2, -0.15) is 0 Å². The van der Waals surface area contributed by atoms with E-state index in [1.807, 2.05) is 38.1 Å². The molecule has 0 fully saturated rings. The molecule has 13 rings (SSSR count). The lowest BCUT2D eigenvalue weighted by molar-refractivity contribution is 0.322. The molecule has 0 saturated heterocycles. The van der Waals surface area contributed by atoms with Crippen molar-refractivity contribution in [1.82, 2.24) is 0 Å². The van der Waals surface area contributed by atoms with E-state index in [9.17, 15) is 30.6 Å². The number of hydrogen-bond donors (Lipinski definition) is 6. The number of phenolic OH excluding ortho intramolecular Hbond substituents is 6. The Kier molecular flexibility index (Phi) is 26.9. The van der Waals surface area contributed by atoms with E-state index in [0.29, 0.717) is 96.6 Å². The topological polar surface area (TPSA) is 208 Å². The summed E-state index contributed by atoms with van der Waals surface area (Å²) in [6.45, 7) is 58.6. The third-order valence-corrected chi connectivity index (χ3v) is 25.4. The van der Waals surface area contributed by atoms with Crippen LogP contribution in [-0.2, 0) is 94.7 Å². The first-order valence-electron chi connectivity index (χ1n) is 46.0. The van der Waals surface area contributed by atoms with Crippen LogP contribution in [0.3, 0.4) is 0 Å². The molecule has 14 nitrogen and oxygen atoms in total. The van der Waals surface area contributed by atoms with Gasteiger partial charge in [-0.05, 0) is 226 Å². The Labute approximate surface area is 762 Å². The Morgan fingerprint density at radius 3 is 0.461 bits per heavy atom. The smallest absolute Gasteiger partial charge is 0.133 e. The summed E-state index contributed by atoms with van der Waals surface area (Å²) in [5, 5.41) is 77.1. The van der Waals surface area contributed by atoms with Gasteiger partial charge in [-0.3, -0.25) is 20.0 Å². The summed E-state index contributed by atoms with van der Waals surface area (Å²) >= 11 is 0. The van der Waals surface area contributed by atoms with Gasteiger partial charge in [-0.25, -0.2) is 0 Å². The molecule has 676 valence electrons. The molecule has 0 spiro atoms. The number of aliphatic imine (C=N–C) groups is 4. The molecule has 0 unspecified atom stereocenters. The highest BCUT2D eigenvalue weighted by atomic mass is 16.5. The Morgan fingerprint density at radius 2 is 0.328 bits per heavy atom. The molecule has 3 aliphatic rings. The minimum atomic E-state index is -0.324. The highest BCUT2D eigenvalue weighted by molar-refractivity contribution is 5.93. The predicted octanol–water partition coefficient (Wildman–Crippen LogP) is 24.6. The van der Waals surface area contributed by atoms with Crippen molar-refractivity contribution in [2.45, 2.75) is 275 Å². The summed E-state index contributed by atoms with van der Waals surface area (Å²) in [7, 11) is 0. The van der Waals surface area contributed by atoms with Crippen molar-refractivity contribution in [2.75, 3.05) is 52.6 Å². The molecule has 14 heteroatoms. The monoisotopic (exact) mass is 1730 g/mol. The predicted molar refractivity (Wildman–Crippen MR) is 528 cm³/mol. The molecule has 0 radical (unpaired) electrons. The van der Waals surface area contributed by atoms with Crippen LogP contribution in [0.4, 0.5) is 0 Å². The second-order valence-corrected chi connectivity index (χ2v) is 44.6. The lowest BCUT2D eigenvalue weighted by Gasteiger charge is -2.28. The maximum atomic E-state index is 13.2. The first kappa shape index (κ1) is 94.5. The molecular weight excluding hydrogens is 1590 g/mol. The molecule has 2 aliphatic carbocycles. The molecule has 0 atom stereocenters. The van der Waals surface area contributed by atoms with Crippen molar-refractivity contribution in [1.29, 1.82) is 0 Å². The van der Waals surface area contributed by atoms with Gasteiger partial charge in [0.1, 0.15) is 83.9 Å². The second kappa shape index (κ2) is 36.4. The maximum Gasteiger partial charge on any atom is 0.133 e. The number of ether oxygens (including phenoxy) is 4. The van der Waals surface area contributed by atoms with Gasteiger partial charge in [0.15, 0.2) is 0 Å². The SMILES string of the molecule is Cc1cc2c(O)c(c1)C=NCCOc1c3cc(C(C)(C)C)cc1Cc1cc(C(C)(C)C)cc(c1O)Cc1cc(C(C)(C)C)cc(c1OCCN=Cc1cc(C)cc(c1O)C=NCCOc1c4cc(C(C)(C)C)cc1Cc1cc(C(C)(C)C)cc(c1O)Cc1cc(C(C)(C)C)cc(c1OCCN=C2)Cc1cc(C(C)(C)C)cc(c1O)C4)Cc1cc(C(C)(C)C)cc(c1O)C3. The Hall–Kier alpha value is -11.1. The number of fused-ring (bicyclic) bond motifs is 8. The minimum Gasteiger partial charge on any atom is -0.507 e. The summed E-state index contributed by atoms with van der Waals surface area (Å²) < 4.78 is 28.7. The molecule has 128 heavy (non-hydrogen) atoms. The largest absolute Gasteiger partial charge is 0.507 e. The molecule has 10 aromatic rings. The van der Waals surface area contributed by atoms with Crippen LogP contribution in [0.15, 0.2) is 141 Å². The third kappa shape index (κ3) is 21.9. The van der Waals surface area contributed by atoms with E-state index >= 15 is 0 Å². The standard InChI is InChI=1S/C114H140N4O10/c1-67-35-85-63-115-27-31-125-103-77-39-69-47-89(107(3,4)5)51-73(97(69)119)43-81-59-95(113(21,22)23)60-82(44-74-52-90(108(6,7)8)48-70(98(74)120)40-78(103)56-93(55-77)111(15,16)17)105(81)127-33-29-117-65-87-37-68(2)38-88(102(87)124)66-118-30-34-128-106-83-45-75-53-91(109(9,10)11)49-71(99(75)121)41-79-57-94(112(18,19)20)58-80(104(79)126-32-28-116-64-86(36-67)101(85)123)42-72-50-92(110(12,13)14)54-76(100(72)122)46-84(106)62-96(61-83)114(24,25)26/h35-38,47-66,119-124H,27-34,39-46H2,1-26H3. The van der Waals surface area contributed by atoms with E-state index in [1.54, 1.807) is 24.9 Å². The van der Waals surface area contributed by atoms with Crippen LogP contribution in [0.1, 0.15) is 333 Å². The van der Waals surface area contributed by atoms with Crippen molar-refractivity contribution in [3.8, 4) is 57.5 Å². The van der Waals surface area contributed by atoms with E-state index in [2.05, 4.69) is 263 Å². The fourth-order valence-corrected chi connectivity index (χ4v) is 17.6. The molecular formula is C114H140N4O10. The van der Waals surface area contributed by atoms with E-state index in [4.69, 9.17) is 38.9 Å². The molecule has 10 aromatic carbocycles. The number of rotatable bonds is 0. The molecule has 1 aliphatic heterocycles. The van der Waals surface area contributed by atoms with Crippen molar-refractivity contribution in [3.05, 3.63) is 288 Å². The summed E-state index contributed by atoms with van der Waals surface area (Å²) in [5.41, 5.74) is 23.0. The number of nitrogens with zero attached hydrogens (tertiary/aromatic N) is 4. The third-order valence-electron chi connectivity index (χ3n) is 25.4. The van der Waals surface area contributed by atoms with E-state index in [1.165, 1.54) is 0 Å². The quantitative estimate of drug-likeness (QED) is 0.0847. The number of benzene rings is 10. The van der Waals surface area contributed by atoms with Gasteiger partial charge in [0.2, 0.25) is 0 Å². The second-order valence-electron chi connectivity index (χ2n) is 44.6. The van der Waals surface area contributed by atoms with Crippen LogP contribution in [0.2, 0.25) is 0 Å². The fourth-order valence-electron chi connectivity index (χ4n) is 17.6. The molecule has 0 saturated carbocycles. The minimum absolute atomic E-state index is 0.0293. The van der Waals surface area contributed by atoms with E-state index in [-0.39, 0.29) is 130 Å². The maximum absolute atomic E-state index is 13.2. The number of hydrogen-bond acceptors (Lipinski definition) is 14. The van der Waals surface area contributed by atoms with Gasteiger partial charge in [-0.1, -0.05) is 263 Å². The number of phenols is 6. The molecule has 24 bridgehead atoms. The van der Waals surface area contributed by atoms with Gasteiger partial charge in [0, 0.05) is 98.5 Å². The van der Waals surface area contributed by atoms with E-state index < -0.39 is 0 Å². The average Bonchev–Trinajstić information content (AvgIpc) is 0.763. The Bertz CT molecular complexity index is 5090. The van der Waals surface area contributed by atoms with Crippen LogP contribution in [0.5, 0.6) is 57.5 Å². The van der Waals surface area contributed by atoms with Crippen LogP contribution in [0, 0.1) is 13.8 Å². The van der Waals surface area contributed by atoms with Crippen LogP contribution < -0.4 is 18.9 Å². The zero-order valence-corrected chi connectivity index (χ0v) is 81.3. The first-order valence-corrected chi connectivity index (χ1v) is 46.0. The molecule has 6 N–H and O–H groups in total. The molecule has 0 aromatic heterocycles. The number of aromatic hydroxyl groups is 6. The Morgan fingerprint density at radius 1 is 0.195 bits per heavy atom. The van der Waals surface area contributed by atoms with Gasteiger partial charge in [0.25, 0.3) is 0 Å². The van der Waals surface area contributed by atoms with Crippen molar-refractivity contribution in [3.63, 3.8) is 0 Å². The van der Waals surface area contributed by atoms with Crippen LogP contribution >= 0.6 is 0 Å². The highest BCUT2D eigenvalue weighted by Crippen LogP contribution is 2.49. The van der Waals surface area contributed by atoms with Gasteiger partial charge >= 0.3 is 0 Å². The first-order chi connectivity index (χ1) is 59.7. The van der Waals surface area contributed by atoms with Crippen molar-refractivity contribution in [2.24, 2.45) is 20.0 Å². The summed E-state index contributed by atoms with van der Waals surface area (Å²) in [4.78, 5) is 19.8. The fraction of sp³-hybridized carbons (Fsp3) is 0.439. The zero-order chi connectivity index (χ0) is 93.0. The number of aryl methyl sites for hydroxylation is 2. The lowest BCUT2D eigenvalue weighted by Crippen LogP contribution is -2.17. The lowest BCUT2D eigenvalue weighted by atomic mass is 9.79. The summed E-state index contributed by atoms with van der Waals surface area (Å²) in [6, 6.07) is 42.6. The van der Waals surface area contributed by atoms with Crippen molar-refractivity contribution >= 4 is 24.9 Å². The van der Waals surface area contributed by atoms with Gasteiger partial charge < -0.3 is 49.6 Å². The van der Waals surface area contributed by atoms with Crippen molar-refractivity contribution < 1.29 is 49.6 Å². The zero-order valence-electron chi connectivity index (χ0n) is 81.3. The highest BCUT2D eigenvalue weighted by Gasteiger charge is 2.34. The Balaban J connectivity index is 0.969. The molecule has 0 amide bonds. The molecule has 1 heterocycles. The van der Waals surface area contributed by atoms with E-state index in [0.717, 1.165) is 145 Å². The van der Waals surface area contributed by atoms with Gasteiger partial charge in [-0.15, -0.1) is 0 Å². The summed E-state index contributed by atoms with van der Waals surface area (Å²) in [6.07, 6.45) is 9.34.